The zero-order valence-corrected chi connectivity index (χ0v) is 10.6. The summed E-state index contributed by atoms with van der Waals surface area (Å²) in [6.07, 6.45) is 4.66. The molecule has 0 aliphatic heterocycles. The van der Waals surface area contributed by atoms with Crippen molar-refractivity contribution in [3.05, 3.63) is 29.3 Å². The third-order valence-corrected chi connectivity index (χ3v) is 3.87. The van der Waals surface area contributed by atoms with Crippen molar-refractivity contribution in [3.8, 4) is 0 Å². The third-order valence-electron chi connectivity index (χ3n) is 3.10. The number of nitrogens with one attached hydrogen (secondary N) is 1. The molecule has 0 saturated heterocycles. The van der Waals surface area contributed by atoms with Crippen molar-refractivity contribution < 1.29 is 8.42 Å². The summed E-state index contributed by atoms with van der Waals surface area (Å²) >= 11 is 0. The molecule has 0 amide bonds. The molecule has 0 spiro atoms. The van der Waals surface area contributed by atoms with E-state index in [0.717, 1.165) is 18.5 Å². The Labute approximate surface area is 102 Å². The summed E-state index contributed by atoms with van der Waals surface area (Å²) in [6, 6.07) is 6.18. The Balaban J connectivity index is 2.06. The number of anilines is 1. The molecule has 4 nitrogen and oxygen atoms in total. The van der Waals surface area contributed by atoms with E-state index >= 15 is 0 Å². The Morgan fingerprint density at radius 3 is 2.76 bits per heavy atom. The zero-order valence-electron chi connectivity index (χ0n) is 9.78. The normalized spacial score (nSPS) is 15.4. The van der Waals surface area contributed by atoms with Crippen LogP contribution in [0.5, 0.6) is 0 Å². The molecule has 1 aromatic carbocycles. The Morgan fingerprint density at radius 1 is 1.24 bits per heavy atom. The molecule has 1 aliphatic rings. The first kappa shape index (κ1) is 12.4. The molecule has 5 heteroatoms. The topological polar surface area (TPSA) is 72.2 Å². The van der Waals surface area contributed by atoms with E-state index in [1.807, 2.05) is 12.1 Å². The van der Waals surface area contributed by atoms with Crippen LogP contribution in [0.15, 0.2) is 18.2 Å². The van der Waals surface area contributed by atoms with Gasteiger partial charge in [0, 0.05) is 12.2 Å². The lowest BCUT2D eigenvalue weighted by molar-refractivity contribution is 0.598. The van der Waals surface area contributed by atoms with E-state index in [-0.39, 0.29) is 5.75 Å². The summed E-state index contributed by atoms with van der Waals surface area (Å²) < 4.78 is 21.7. The fourth-order valence-electron chi connectivity index (χ4n) is 2.27. The number of nitrogens with two attached hydrogens (primary N) is 1. The van der Waals surface area contributed by atoms with E-state index in [1.165, 1.54) is 24.0 Å². The first-order chi connectivity index (χ1) is 8.06. The van der Waals surface area contributed by atoms with Gasteiger partial charge in [0.1, 0.15) is 0 Å². The minimum atomic E-state index is -3.38. The molecule has 0 unspecified atom stereocenters. The van der Waals surface area contributed by atoms with Gasteiger partial charge in [0.25, 0.3) is 0 Å². The van der Waals surface area contributed by atoms with Crippen molar-refractivity contribution in [1.29, 1.82) is 0 Å². The first-order valence-corrected chi connectivity index (χ1v) is 7.63. The highest BCUT2D eigenvalue weighted by atomic mass is 32.2. The van der Waals surface area contributed by atoms with Gasteiger partial charge in [0.15, 0.2) is 0 Å². The number of hydrogen-bond donors (Lipinski definition) is 2. The molecule has 3 N–H and O–H groups in total. The number of rotatable bonds is 4. The van der Waals surface area contributed by atoms with Crippen molar-refractivity contribution in [3.63, 3.8) is 0 Å². The number of primary sulfonamides is 1. The SMILES string of the molecule is NS(=O)(=O)CCNc1cccc2c1CCCC2. The highest BCUT2D eigenvalue weighted by molar-refractivity contribution is 7.89. The Morgan fingerprint density at radius 2 is 2.00 bits per heavy atom. The van der Waals surface area contributed by atoms with Crippen LogP contribution < -0.4 is 10.5 Å². The lowest BCUT2D eigenvalue weighted by Gasteiger charge is -2.19. The van der Waals surface area contributed by atoms with E-state index in [1.54, 1.807) is 0 Å². The predicted molar refractivity (Wildman–Crippen MR) is 69.5 cm³/mol. The van der Waals surface area contributed by atoms with E-state index in [4.69, 9.17) is 5.14 Å². The van der Waals surface area contributed by atoms with E-state index < -0.39 is 10.0 Å². The number of sulfonamides is 1. The van der Waals surface area contributed by atoms with Crippen LogP contribution in [0.25, 0.3) is 0 Å². The van der Waals surface area contributed by atoms with Crippen LogP contribution in [0.2, 0.25) is 0 Å². The molecule has 0 bridgehead atoms. The van der Waals surface area contributed by atoms with Gasteiger partial charge in [-0.15, -0.1) is 0 Å². The van der Waals surface area contributed by atoms with Crippen molar-refractivity contribution in [1.82, 2.24) is 0 Å². The number of hydrogen-bond acceptors (Lipinski definition) is 3. The second-order valence-corrected chi connectivity index (χ2v) is 6.18. The van der Waals surface area contributed by atoms with Crippen molar-refractivity contribution in [2.75, 3.05) is 17.6 Å². The Bertz CT molecular complexity index is 497. The van der Waals surface area contributed by atoms with Gasteiger partial charge in [-0.2, -0.15) is 0 Å². The second-order valence-electron chi connectivity index (χ2n) is 4.44. The van der Waals surface area contributed by atoms with Crippen LogP contribution in [0.4, 0.5) is 5.69 Å². The number of benzene rings is 1. The molecular formula is C12H18N2O2S. The molecule has 17 heavy (non-hydrogen) atoms. The van der Waals surface area contributed by atoms with Crippen molar-refractivity contribution in [2.45, 2.75) is 25.7 Å². The maximum absolute atomic E-state index is 10.8. The molecule has 0 aromatic heterocycles. The lowest BCUT2D eigenvalue weighted by atomic mass is 9.90. The minimum absolute atomic E-state index is 0.0311. The Kier molecular flexibility index (Phi) is 3.69. The van der Waals surface area contributed by atoms with E-state index in [2.05, 4.69) is 11.4 Å². The molecule has 0 heterocycles. The number of aryl methyl sites for hydroxylation is 1. The standard InChI is InChI=1S/C12H18N2O2S/c13-17(15,16)9-8-14-12-7-3-5-10-4-1-2-6-11(10)12/h3,5,7,14H,1-2,4,6,8-9H2,(H2,13,15,16). The molecule has 0 saturated carbocycles. The fourth-order valence-corrected chi connectivity index (χ4v) is 2.66. The fraction of sp³-hybridized carbons (Fsp3) is 0.500. The van der Waals surface area contributed by atoms with Gasteiger partial charge in [-0.05, 0) is 42.9 Å². The van der Waals surface area contributed by atoms with Gasteiger partial charge >= 0.3 is 0 Å². The van der Waals surface area contributed by atoms with Gasteiger partial charge < -0.3 is 5.32 Å². The first-order valence-electron chi connectivity index (χ1n) is 5.91. The van der Waals surface area contributed by atoms with Crippen molar-refractivity contribution in [2.24, 2.45) is 5.14 Å². The van der Waals surface area contributed by atoms with Gasteiger partial charge in [-0.3, -0.25) is 0 Å². The molecule has 94 valence electrons. The molecule has 0 atom stereocenters. The summed E-state index contributed by atoms with van der Waals surface area (Å²) in [5.41, 5.74) is 3.79. The van der Waals surface area contributed by atoms with Gasteiger partial charge in [-0.1, -0.05) is 12.1 Å². The largest absolute Gasteiger partial charge is 0.384 e. The summed E-state index contributed by atoms with van der Waals surface area (Å²) in [6.45, 7) is 0.370. The highest BCUT2D eigenvalue weighted by Crippen LogP contribution is 2.27. The number of fused-ring (bicyclic) bond motifs is 1. The second kappa shape index (κ2) is 5.06. The molecule has 1 aliphatic carbocycles. The average molecular weight is 254 g/mol. The highest BCUT2D eigenvalue weighted by Gasteiger charge is 2.12. The summed E-state index contributed by atoms with van der Waals surface area (Å²) in [7, 11) is -3.38. The quantitative estimate of drug-likeness (QED) is 0.849. The predicted octanol–water partition coefficient (Wildman–Crippen LogP) is 1.27. The monoisotopic (exact) mass is 254 g/mol. The van der Waals surface area contributed by atoms with E-state index in [9.17, 15) is 8.42 Å². The molecule has 0 fully saturated rings. The smallest absolute Gasteiger partial charge is 0.210 e. The summed E-state index contributed by atoms with van der Waals surface area (Å²) in [5, 5.41) is 8.14. The van der Waals surface area contributed by atoms with Crippen LogP contribution in [0, 0.1) is 0 Å². The zero-order chi connectivity index (χ0) is 12.3. The summed E-state index contributed by atoms with van der Waals surface area (Å²) in [5.74, 6) is -0.0311. The minimum Gasteiger partial charge on any atom is -0.384 e. The molecule has 0 radical (unpaired) electrons. The maximum atomic E-state index is 10.8. The van der Waals surface area contributed by atoms with Crippen LogP contribution in [-0.4, -0.2) is 20.7 Å². The maximum Gasteiger partial charge on any atom is 0.210 e. The van der Waals surface area contributed by atoms with E-state index in [0.29, 0.717) is 6.54 Å². The van der Waals surface area contributed by atoms with Crippen LogP contribution in [0.3, 0.4) is 0 Å². The average Bonchev–Trinajstić information content (AvgIpc) is 2.28. The van der Waals surface area contributed by atoms with Gasteiger partial charge in [-0.25, -0.2) is 13.6 Å². The van der Waals surface area contributed by atoms with Crippen molar-refractivity contribution >= 4 is 15.7 Å². The van der Waals surface area contributed by atoms with Gasteiger partial charge in [0.05, 0.1) is 5.75 Å². The summed E-state index contributed by atoms with van der Waals surface area (Å²) in [4.78, 5) is 0. The lowest BCUT2D eigenvalue weighted by Crippen LogP contribution is -2.23. The van der Waals surface area contributed by atoms with Crippen LogP contribution >= 0.6 is 0 Å². The van der Waals surface area contributed by atoms with Gasteiger partial charge in [0.2, 0.25) is 10.0 Å². The van der Waals surface area contributed by atoms with Crippen LogP contribution in [0.1, 0.15) is 24.0 Å². The molecular weight excluding hydrogens is 236 g/mol. The Hall–Kier alpha value is -1.07. The molecule has 1 aromatic rings. The third kappa shape index (κ3) is 3.44. The molecule has 2 rings (SSSR count). The van der Waals surface area contributed by atoms with Crippen LogP contribution in [-0.2, 0) is 22.9 Å².